The van der Waals surface area contributed by atoms with Crippen LogP contribution in [0.4, 0.5) is 5.69 Å². The van der Waals surface area contributed by atoms with Crippen molar-refractivity contribution in [3.63, 3.8) is 0 Å². The van der Waals surface area contributed by atoms with E-state index in [1.165, 1.54) is 0 Å². The van der Waals surface area contributed by atoms with E-state index in [0.29, 0.717) is 24.1 Å². The summed E-state index contributed by atoms with van der Waals surface area (Å²) in [6.45, 7) is 3.52. The molecule has 0 saturated heterocycles. The van der Waals surface area contributed by atoms with E-state index < -0.39 is 17.8 Å². The zero-order chi connectivity index (χ0) is 15.6. The van der Waals surface area contributed by atoms with Gasteiger partial charge in [-0.15, -0.1) is 0 Å². The standard InChI is InChI=1S/C16H21NO4/c1-9-7-8-13(10(2)14(9)18)17-15(19)11-5-3-4-6-12(11)16(20)21/h7-8,11-12,18H,3-6H2,1-2H3,(H,17,19)(H,20,21). The molecular weight excluding hydrogens is 270 g/mol. The highest BCUT2D eigenvalue weighted by Gasteiger charge is 2.35. The van der Waals surface area contributed by atoms with Gasteiger partial charge in [0.15, 0.2) is 0 Å². The van der Waals surface area contributed by atoms with Crippen molar-refractivity contribution in [3.05, 3.63) is 23.3 Å². The first-order valence-corrected chi connectivity index (χ1v) is 7.24. The number of aryl methyl sites for hydroxylation is 1. The second-order valence-corrected chi connectivity index (χ2v) is 5.73. The van der Waals surface area contributed by atoms with Crippen molar-refractivity contribution >= 4 is 17.6 Å². The second kappa shape index (κ2) is 6.16. The molecular formula is C16H21NO4. The summed E-state index contributed by atoms with van der Waals surface area (Å²) in [6.07, 6.45) is 2.87. The Morgan fingerprint density at radius 3 is 2.38 bits per heavy atom. The number of carboxylic acids is 1. The molecule has 0 radical (unpaired) electrons. The Hall–Kier alpha value is -2.04. The Bertz CT molecular complexity index is 568. The van der Waals surface area contributed by atoms with Crippen LogP contribution in [0.2, 0.25) is 0 Å². The van der Waals surface area contributed by atoms with Crippen LogP contribution in [0.1, 0.15) is 36.8 Å². The number of benzene rings is 1. The molecule has 0 spiro atoms. The zero-order valence-corrected chi connectivity index (χ0v) is 12.3. The minimum Gasteiger partial charge on any atom is -0.507 e. The van der Waals surface area contributed by atoms with Gasteiger partial charge in [0.1, 0.15) is 5.75 Å². The lowest BCUT2D eigenvalue weighted by molar-refractivity contribution is -0.147. The Kier molecular flexibility index (Phi) is 4.50. The molecule has 3 N–H and O–H groups in total. The van der Waals surface area contributed by atoms with Crippen LogP contribution >= 0.6 is 0 Å². The molecule has 5 nitrogen and oxygen atoms in total. The van der Waals surface area contributed by atoms with Gasteiger partial charge in [0.2, 0.25) is 5.91 Å². The van der Waals surface area contributed by atoms with E-state index in [1.807, 2.05) is 0 Å². The van der Waals surface area contributed by atoms with Crippen molar-refractivity contribution in [2.75, 3.05) is 5.32 Å². The summed E-state index contributed by atoms with van der Waals surface area (Å²) in [5.41, 5.74) is 1.88. The van der Waals surface area contributed by atoms with E-state index in [9.17, 15) is 19.8 Å². The molecule has 2 rings (SSSR count). The number of hydrogen-bond acceptors (Lipinski definition) is 3. The largest absolute Gasteiger partial charge is 0.507 e. The molecule has 2 unspecified atom stereocenters. The van der Waals surface area contributed by atoms with E-state index in [-0.39, 0.29) is 11.7 Å². The first kappa shape index (κ1) is 15.4. The van der Waals surface area contributed by atoms with Gasteiger partial charge in [-0.05, 0) is 38.3 Å². The number of phenolic OH excluding ortho intramolecular Hbond substituents is 1. The van der Waals surface area contributed by atoms with Crippen LogP contribution in [0.3, 0.4) is 0 Å². The lowest BCUT2D eigenvalue weighted by Crippen LogP contribution is -2.36. The van der Waals surface area contributed by atoms with Gasteiger partial charge in [0, 0.05) is 11.3 Å². The van der Waals surface area contributed by atoms with Gasteiger partial charge in [-0.25, -0.2) is 0 Å². The summed E-state index contributed by atoms with van der Waals surface area (Å²) < 4.78 is 0. The van der Waals surface area contributed by atoms with Crippen molar-refractivity contribution < 1.29 is 19.8 Å². The maximum absolute atomic E-state index is 12.4. The first-order chi connectivity index (χ1) is 9.91. The van der Waals surface area contributed by atoms with Crippen molar-refractivity contribution in [2.24, 2.45) is 11.8 Å². The summed E-state index contributed by atoms with van der Waals surface area (Å²) in [7, 11) is 0. The van der Waals surface area contributed by atoms with Crippen molar-refractivity contribution in [2.45, 2.75) is 39.5 Å². The van der Waals surface area contributed by atoms with Crippen LogP contribution in [-0.4, -0.2) is 22.1 Å². The van der Waals surface area contributed by atoms with Gasteiger partial charge < -0.3 is 15.5 Å². The Labute approximate surface area is 124 Å². The van der Waals surface area contributed by atoms with Crippen LogP contribution in [0.5, 0.6) is 5.75 Å². The zero-order valence-electron chi connectivity index (χ0n) is 12.3. The molecule has 1 fully saturated rings. The molecule has 5 heteroatoms. The maximum Gasteiger partial charge on any atom is 0.307 e. The van der Waals surface area contributed by atoms with Crippen LogP contribution in [-0.2, 0) is 9.59 Å². The first-order valence-electron chi connectivity index (χ1n) is 7.24. The van der Waals surface area contributed by atoms with Crippen LogP contribution in [0, 0.1) is 25.7 Å². The third-order valence-corrected chi connectivity index (χ3v) is 4.31. The van der Waals surface area contributed by atoms with Gasteiger partial charge in [-0.1, -0.05) is 18.9 Å². The summed E-state index contributed by atoms with van der Waals surface area (Å²) >= 11 is 0. The van der Waals surface area contributed by atoms with E-state index in [1.54, 1.807) is 26.0 Å². The molecule has 0 heterocycles. The van der Waals surface area contributed by atoms with E-state index in [4.69, 9.17) is 0 Å². The minimum atomic E-state index is -0.904. The molecule has 1 amide bonds. The normalized spacial score (nSPS) is 21.8. The number of aromatic hydroxyl groups is 1. The third-order valence-electron chi connectivity index (χ3n) is 4.31. The summed E-state index contributed by atoms with van der Waals surface area (Å²) in [5.74, 6) is -2.13. The summed E-state index contributed by atoms with van der Waals surface area (Å²) in [5, 5.41) is 21.9. The average Bonchev–Trinajstić information content (AvgIpc) is 2.47. The summed E-state index contributed by atoms with van der Waals surface area (Å²) in [6, 6.07) is 3.47. The number of rotatable bonds is 3. The van der Waals surface area contributed by atoms with E-state index >= 15 is 0 Å². The number of carbonyl (C=O) groups is 2. The Morgan fingerprint density at radius 2 is 1.76 bits per heavy atom. The third kappa shape index (κ3) is 3.17. The smallest absolute Gasteiger partial charge is 0.307 e. The van der Waals surface area contributed by atoms with Gasteiger partial charge >= 0.3 is 5.97 Å². The van der Waals surface area contributed by atoms with Crippen molar-refractivity contribution in [1.82, 2.24) is 0 Å². The van der Waals surface area contributed by atoms with Crippen LogP contribution in [0.25, 0.3) is 0 Å². The number of phenols is 1. The molecule has 0 bridgehead atoms. The van der Waals surface area contributed by atoms with Crippen LogP contribution in [0.15, 0.2) is 12.1 Å². The van der Waals surface area contributed by atoms with Gasteiger partial charge in [0.25, 0.3) is 0 Å². The number of carboxylic acid groups (broad SMARTS) is 1. The quantitative estimate of drug-likeness (QED) is 0.799. The highest BCUT2D eigenvalue weighted by Crippen LogP contribution is 2.33. The molecule has 1 aromatic carbocycles. The van der Waals surface area contributed by atoms with Gasteiger partial charge in [0.05, 0.1) is 11.8 Å². The molecule has 1 saturated carbocycles. The SMILES string of the molecule is Cc1ccc(NC(=O)C2CCCCC2C(=O)O)c(C)c1O. The van der Waals surface area contributed by atoms with Crippen LogP contribution < -0.4 is 5.32 Å². The maximum atomic E-state index is 12.4. The van der Waals surface area contributed by atoms with Crippen molar-refractivity contribution in [3.8, 4) is 5.75 Å². The predicted octanol–water partition coefficient (Wildman–Crippen LogP) is 2.84. The fourth-order valence-corrected chi connectivity index (χ4v) is 2.94. The molecule has 114 valence electrons. The number of hydrogen-bond donors (Lipinski definition) is 3. The number of carbonyl (C=O) groups excluding carboxylic acids is 1. The molecule has 0 aliphatic heterocycles. The number of nitrogens with one attached hydrogen (secondary N) is 1. The predicted molar refractivity (Wildman–Crippen MR) is 79.3 cm³/mol. The topological polar surface area (TPSA) is 86.6 Å². The number of aliphatic carboxylic acids is 1. The molecule has 21 heavy (non-hydrogen) atoms. The molecule has 1 aliphatic carbocycles. The number of amides is 1. The van der Waals surface area contributed by atoms with E-state index in [2.05, 4.69) is 5.32 Å². The lowest BCUT2D eigenvalue weighted by Gasteiger charge is -2.27. The summed E-state index contributed by atoms with van der Waals surface area (Å²) in [4.78, 5) is 23.6. The van der Waals surface area contributed by atoms with Gasteiger partial charge in [-0.2, -0.15) is 0 Å². The molecule has 1 aromatic rings. The Morgan fingerprint density at radius 1 is 1.14 bits per heavy atom. The highest BCUT2D eigenvalue weighted by molar-refractivity contribution is 5.96. The van der Waals surface area contributed by atoms with Crippen molar-refractivity contribution in [1.29, 1.82) is 0 Å². The molecule has 2 atom stereocenters. The van der Waals surface area contributed by atoms with Gasteiger partial charge in [-0.3, -0.25) is 9.59 Å². The number of anilines is 1. The fourth-order valence-electron chi connectivity index (χ4n) is 2.94. The second-order valence-electron chi connectivity index (χ2n) is 5.73. The minimum absolute atomic E-state index is 0.159. The highest BCUT2D eigenvalue weighted by atomic mass is 16.4. The lowest BCUT2D eigenvalue weighted by atomic mass is 9.78. The molecule has 0 aromatic heterocycles. The fraction of sp³-hybridized carbons (Fsp3) is 0.500. The molecule has 1 aliphatic rings. The monoisotopic (exact) mass is 291 g/mol. The average molecular weight is 291 g/mol. The van der Waals surface area contributed by atoms with E-state index in [0.717, 1.165) is 18.4 Å². The Balaban J connectivity index is 2.17.